The van der Waals surface area contributed by atoms with Gasteiger partial charge in [-0.3, -0.25) is 14.5 Å². The molecule has 156 valence electrons. The molecule has 2 aliphatic rings. The van der Waals surface area contributed by atoms with Crippen LogP contribution in [0.2, 0.25) is 0 Å². The summed E-state index contributed by atoms with van der Waals surface area (Å²) in [6.07, 6.45) is 5.51. The molecular weight excluding hydrogens is 366 g/mol. The number of nitrogens with zero attached hydrogens (tertiary/aromatic N) is 6. The minimum Gasteiger partial charge on any atom is -0.334 e. The number of benzene rings is 1. The van der Waals surface area contributed by atoms with E-state index in [0.717, 1.165) is 71.7 Å². The van der Waals surface area contributed by atoms with E-state index in [9.17, 15) is 4.79 Å². The Morgan fingerprint density at radius 3 is 2.62 bits per heavy atom. The number of hydrogen-bond donors (Lipinski definition) is 1. The van der Waals surface area contributed by atoms with Gasteiger partial charge in [0.2, 0.25) is 0 Å². The summed E-state index contributed by atoms with van der Waals surface area (Å²) >= 11 is 0. The Kier molecular flexibility index (Phi) is 6.74. The van der Waals surface area contributed by atoms with Crippen molar-refractivity contribution in [1.82, 2.24) is 34.8 Å². The van der Waals surface area contributed by atoms with Crippen molar-refractivity contribution in [1.29, 1.82) is 0 Å². The molecule has 0 bridgehead atoms. The number of amides is 2. The Bertz CT molecular complexity index is 744. The molecule has 0 unspecified atom stereocenters. The molecule has 2 fully saturated rings. The first-order valence-corrected chi connectivity index (χ1v) is 10.6. The van der Waals surface area contributed by atoms with Crippen molar-refractivity contribution < 1.29 is 4.79 Å². The molecule has 4 rings (SSSR count). The lowest BCUT2D eigenvalue weighted by Gasteiger charge is -2.37. The van der Waals surface area contributed by atoms with Gasteiger partial charge in [0.25, 0.3) is 0 Å². The van der Waals surface area contributed by atoms with Gasteiger partial charge >= 0.3 is 6.03 Å². The van der Waals surface area contributed by atoms with Crippen LogP contribution < -0.4 is 5.32 Å². The third-order valence-corrected chi connectivity index (χ3v) is 5.85. The number of rotatable bonds is 6. The highest BCUT2D eigenvalue weighted by molar-refractivity contribution is 5.74. The average Bonchev–Trinajstić information content (AvgIpc) is 3.27. The van der Waals surface area contributed by atoms with Crippen molar-refractivity contribution in [3.05, 3.63) is 48.5 Å². The number of hydrogen-bond acceptors (Lipinski definition) is 5. The molecule has 2 amide bonds. The molecule has 0 spiro atoms. The van der Waals surface area contributed by atoms with Crippen LogP contribution in [0, 0.1) is 0 Å². The minimum absolute atomic E-state index is 0.0903. The van der Waals surface area contributed by atoms with E-state index < -0.39 is 0 Å². The van der Waals surface area contributed by atoms with Crippen molar-refractivity contribution in [2.24, 2.45) is 0 Å². The van der Waals surface area contributed by atoms with Crippen LogP contribution in [0.25, 0.3) is 0 Å². The summed E-state index contributed by atoms with van der Waals surface area (Å²) in [5.74, 6) is 0. The lowest BCUT2D eigenvalue weighted by molar-refractivity contribution is 0.126. The average molecular weight is 398 g/mol. The van der Waals surface area contributed by atoms with Crippen molar-refractivity contribution in [2.45, 2.75) is 32.0 Å². The molecule has 0 aliphatic carbocycles. The number of piperazine rings is 1. The topological polar surface area (TPSA) is 69.5 Å². The van der Waals surface area contributed by atoms with E-state index in [2.05, 4.69) is 55.5 Å². The molecule has 0 radical (unpaired) electrons. The maximum Gasteiger partial charge on any atom is 0.317 e. The highest BCUT2D eigenvalue weighted by Gasteiger charge is 2.25. The summed E-state index contributed by atoms with van der Waals surface area (Å²) in [5, 5.41) is 7.42. The van der Waals surface area contributed by atoms with Crippen LogP contribution in [-0.4, -0.2) is 87.4 Å². The molecule has 29 heavy (non-hydrogen) atoms. The van der Waals surface area contributed by atoms with Gasteiger partial charge in [-0.2, -0.15) is 5.10 Å². The molecule has 3 heterocycles. The zero-order valence-corrected chi connectivity index (χ0v) is 17.0. The van der Waals surface area contributed by atoms with Gasteiger partial charge in [-0.1, -0.05) is 30.3 Å². The number of nitrogens with one attached hydrogen (secondary N) is 1. The number of carbonyl (C=O) groups is 1. The van der Waals surface area contributed by atoms with Crippen LogP contribution >= 0.6 is 0 Å². The van der Waals surface area contributed by atoms with Crippen LogP contribution in [0.5, 0.6) is 0 Å². The largest absolute Gasteiger partial charge is 0.334 e. The first-order valence-electron chi connectivity index (χ1n) is 10.6. The van der Waals surface area contributed by atoms with Crippen LogP contribution in [0.1, 0.15) is 18.4 Å². The van der Waals surface area contributed by atoms with Crippen LogP contribution in [-0.2, 0) is 13.1 Å². The Labute approximate surface area is 172 Å². The van der Waals surface area contributed by atoms with Gasteiger partial charge in [-0.15, -0.1) is 0 Å². The summed E-state index contributed by atoms with van der Waals surface area (Å²) in [7, 11) is 0. The molecule has 1 atom stereocenters. The molecule has 2 aliphatic heterocycles. The fraction of sp³-hybridized carbons (Fsp3) is 0.571. The van der Waals surface area contributed by atoms with E-state index in [4.69, 9.17) is 0 Å². The smallest absolute Gasteiger partial charge is 0.317 e. The van der Waals surface area contributed by atoms with Gasteiger partial charge in [0.1, 0.15) is 12.7 Å². The van der Waals surface area contributed by atoms with E-state index in [1.165, 1.54) is 5.56 Å². The second-order valence-corrected chi connectivity index (χ2v) is 8.00. The maximum absolute atomic E-state index is 12.7. The molecule has 2 saturated heterocycles. The van der Waals surface area contributed by atoms with Gasteiger partial charge < -0.3 is 10.2 Å². The van der Waals surface area contributed by atoms with E-state index in [1.807, 2.05) is 9.58 Å². The lowest BCUT2D eigenvalue weighted by Crippen LogP contribution is -2.56. The fourth-order valence-electron chi connectivity index (χ4n) is 4.19. The van der Waals surface area contributed by atoms with Crippen molar-refractivity contribution >= 4 is 6.03 Å². The van der Waals surface area contributed by atoms with E-state index in [1.54, 1.807) is 12.7 Å². The first kappa shape index (κ1) is 19.8. The fourth-order valence-corrected chi connectivity index (χ4v) is 4.19. The van der Waals surface area contributed by atoms with Gasteiger partial charge in [-0.25, -0.2) is 9.78 Å². The number of urea groups is 1. The summed E-state index contributed by atoms with van der Waals surface area (Å²) in [4.78, 5) is 23.5. The predicted octanol–water partition coefficient (Wildman–Crippen LogP) is 1.27. The highest BCUT2D eigenvalue weighted by Crippen LogP contribution is 2.14. The molecule has 0 saturated carbocycles. The first-order chi connectivity index (χ1) is 14.3. The second-order valence-electron chi connectivity index (χ2n) is 8.00. The van der Waals surface area contributed by atoms with Gasteiger partial charge in [0.15, 0.2) is 0 Å². The van der Waals surface area contributed by atoms with E-state index in [0.29, 0.717) is 0 Å². The molecule has 8 nitrogen and oxygen atoms in total. The molecule has 1 aromatic carbocycles. The van der Waals surface area contributed by atoms with Gasteiger partial charge in [0.05, 0.1) is 6.54 Å². The quantitative estimate of drug-likeness (QED) is 0.795. The Morgan fingerprint density at radius 1 is 1.03 bits per heavy atom. The van der Waals surface area contributed by atoms with Gasteiger partial charge in [-0.05, 0) is 24.9 Å². The van der Waals surface area contributed by atoms with Crippen molar-refractivity contribution in [3.8, 4) is 0 Å². The van der Waals surface area contributed by atoms with E-state index >= 15 is 0 Å². The molecule has 1 N–H and O–H groups in total. The SMILES string of the molecule is O=C(N[C@H]1CCCN(Cc2ccccc2)C1)N1CCN(CCn2cncn2)CC1. The Hall–Kier alpha value is -2.45. The predicted molar refractivity (Wildman–Crippen MR) is 111 cm³/mol. The maximum atomic E-state index is 12.7. The third kappa shape index (κ3) is 5.77. The van der Waals surface area contributed by atoms with Crippen LogP contribution in [0.4, 0.5) is 4.79 Å². The second kappa shape index (κ2) is 9.84. The van der Waals surface area contributed by atoms with Crippen LogP contribution in [0.3, 0.4) is 0 Å². The van der Waals surface area contributed by atoms with Gasteiger partial charge in [0, 0.05) is 51.9 Å². The molecule has 1 aromatic heterocycles. The van der Waals surface area contributed by atoms with E-state index in [-0.39, 0.29) is 12.1 Å². The summed E-state index contributed by atoms with van der Waals surface area (Å²) in [6.45, 7) is 8.15. The Balaban J connectivity index is 1.18. The van der Waals surface area contributed by atoms with Crippen molar-refractivity contribution in [3.63, 3.8) is 0 Å². The third-order valence-electron chi connectivity index (χ3n) is 5.85. The van der Waals surface area contributed by atoms with Crippen molar-refractivity contribution in [2.75, 3.05) is 45.8 Å². The standard InChI is InChI=1S/C21H31N7O/c29-21(27-12-9-25(10-13-27)11-14-28-18-22-17-23-28)24-20-7-4-8-26(16-20)15-19-5-2-1-3-6-19/h1-3,5-6,17-18,20H,4,7-16H2,(H,24,29)/t20-/m0/s1. The summed E-state index contributed by atoms with van der Waals surface area (Å²) in [5.41, 5.74) is 1.33. The summed E-state index contributed by atoms with van der Waals surface area (Å²) in [6, 6.07) is 10.9. The molecule has 2 aromatic rings. The number of aromatic nitrogens is 3. The molecule has 8 heteroatoms. The summed E-state index contributed by atoms with van der Waals surface area (Å²) < 4.78 is 1.85. The Morgan fingerprint density at radius 2 is 1.86 bits per heavy atom. The highest BCUT2D eigenvalue weighted by atomic mass is 16.2. The normalized spacial score (nSPS) is 21.2. The zero-order chi connectivity index (χ0) is 19.9. The number of likely N-dealkylation sites (tertiary alicyclic amines) is 1. The molecular formula is C21H31N7O. The van der Waals surface area contributed by atoms with Crippen LogP contribution in [0.15, 0.2) is 43.0 Å². The number of carbonyl (C=O) groups excluding carboxylic acids is 1. The monoisotopic (exact) mass is 397 g/mol. The minimum atomic E-state index is 0.0903. The zero-order valence-electron chi connectivity index (χ0n) is 17.0. The lowest BCUT2D eigenvalue weighted by atomic mass is 10.0. The number of piperidine rings is 1.